The molecule has 0 fully saturated rings. The van der Waals surface area contributed by atoms with Crippen molar-refractivity contribution in [2.24, 2.45) is 11.8 Å². The average Bonchev–Trinajstić information content (AvgIpc) is 2.13. The minimum atomic E-state index is -0.669. The molecule has 0 aromatic carbocycles. The number of nitriles is 1. The van der Waals surface area contributed by atoms with Crippen molar-refractivity contribution in [1.29, 1.82) is 5.26 Å². The van der Waals surface area contributed by atoms with Gasteiger partial charge >= 0.3 is 0 Å². The summed E-state index contributed by atoms with van der Waals surface area (Å²) in [4.78, 5) is 16.1. The number of carbonyl (C=O) groups is 1. The summed E-state index contributed by atoms with van der Waals surface area (Å²) < 4.78 is 4.72. The fraction of sp³-hybridized carbons (Fsp3) is 0.778. The number of amides is 1. The van der Waals surface area contributed by atoms with Crippen molar-refractivity contribution in [2.75, 3.05) is 20.3 Å². The van der Waals surface area contributed by atoms with Gasteiger partial charge in [-0.05, 0) is 5.92 Å². The Morgan fingerprint density at radius 3 is 2.57 bits per heavy atom. The molecule has 0 spiro atoms. The van der Waals surface area contributed by atoms with Gasteiger partial charge in [-0.25, -0.2) is 5.48 Å². The van der Waals surface area contributed by atoms with Crippen LogP contribution in [0.5, 0.6) is 0 Å². The number of carbonyl (C=O) groups excluding carboxylic acids is 1. The molecule has 5 nitrogen and oxygen atoms in total. The SMILES string of the molecule is COCCONC(=O)C(C#N)C(C)C. The predicted molar refractivity (Wildman–Crippen MR) is 49.9 cm³/mol. The van der Waals surface area contributed by atoms with Gasteiger partial charge in [-0.2, -0.15) is 5.26 Å². The molecule has 1 N–H and O–H groups in total. The van der Waals surface area contributed by atoms with Gasteiger partial charge in [-0.15, -0.1) is 0 Å². The summed E-state index contributed by atoms with van der Waals surface area (Å²) in [6, 6.07) is 1.92. The summed E-state index contributed by atoms with van der Waals surface area (Å²) in [6.45, 7) is 4.29. The molecule has 0 aliphatic heterocycles. The molecule has 14 heavy (non-hydrogen) atoms. The van der Waals surface area contributed by atoms with E-state index < -0.39 is 11.8 Å². The van der Waals surface area contributed by atoms with Crippen LogP contribution in [0, 0.1) is 23.2 Å². The smallest absolute Gasteiger partial charge is 0.261 e. The number of ether oxygens (including phenoxy) is 1. The Bertz CT molecular complexity index is 211. The van der Waals surface area contributed by atoms with Crippen molar-refractivity contribution < 1.29 is 14.4 Å². The third-order valence-corrected chi connectivity index (χ3v) is 1.65. The highest BCUT2D eigenvalue weighted by Crippen LogP contribution is 2.08. The van der Waals surface area contributed by atoms with Crippen LogP contribution in [0.25, 0.3) is 0 Å². The number of hydrogen-bond acceptors (Lipinski definition) is 4. The zero-order chi connectivity index (χ0) is 11.0. The van der Waals surface area contributed by atoms with E-state index in [0.717, 1.165) is 0 Å². The van der Waals surface area contributed by atoms with E-state index in [1.165, 1.54) is 7.11 Å². The molecule has 0 saturated heterocycles. The summed E-state index contributed by atoms with van der Waals surface area (Å²) in [5.41, 5.74) is 2.21. The maximum absolute atomic E-state index is 11.3. The van der Waals surface area contributed by atoms with E-state index in [-0.39, 0.29) is 12.5 Å². The van der Waals surface area contributed by atoms with Crippen LogP contribution in [0.1, 0.15) is 13.8 Å². The second kappa shape index (κ2) is 7.30. The van der Waals surface area contributed by atoms with Crippen molar-refractivity contribution in [3.8, 4) is 6.07 Å². The largest absolute Gasteiger partial charge is 0.382 e. The van der Waals surface area contributed by atoms with Crippen molar-refractivity contribution >= 4 is 5.91 Å². The number of hydroxylamine groups is 1. The van der Waals surface area contributed by atoms with Crippen LogP contribution in [-0.2, 0) is 14.4 Å². The van der Waals surface area contributed by atoms with Crippen molar-refractivity contribution in [3.05, 3.63) is 0 Å². The van der Waals surface area contributed by atoms with Gasteiger partial charge in [0.15, 0.2) is 0 Å². The molecule has 0 aliphatic carbocycles. The predicted octanol–water partition coefficient (Wildman–Crippen LogP) is 0.476. The molecule has 1 amide bonds. The second-order valence-corrected chi connectivity index (χ2v) is 3.16. The molecule has 1 unspecified atom stereocenters. The third-order valence-electron chi connectivity index (χ3n) is 1.65. The number of rotatable bonds is 6. The number of nitrogens with one attached hydrogen (secondary N) is 1. The monoisotopic (exact) mass is 200 g/mol. The third kappa shape index (κ3) is 4.80. The van der Waals surface area contributed by atoms with Crippen LogP contribution in [0.2, 0.25) is 0 Å². The van der Waals surface area contributed by atoms with Crippen molar-refractivity contribution in [1.82, 2.24) is 5.48 Å². The van der Waals surface area contributed by atoms with E-state index >= 15 is 0 Å². The standard InChI is InChI=1S/C9H16N2O3/c1-7(2)8(6-10)9(12)11-14-5-4-13-3/h7-8H,4-5H2,1-3H3,(H,11,12). The fourth-order valence-electron chi connectivity index (χ4n) is 0.821. The normalized spacial score (nSPS) is 12.2. The number of hydrogen-bond donors (Lipinski definition) is 1. The average molecular weight is 200 g/mol. The molecule has 0 radical (unpaired) electrons. The topological polar surface area (TPSA) is 71.3 Å². The van der Waals surface area contributed by atoms with Gasteiger partial charge in [0.05, 0.1) is 19.3 Å². The van der Waals surface area contributed by atoms with Gasteiger partial charge < -0.3 is 4.74 Å². The molecular weight excluding hydrogens is 184 g/mol. The first-order chi connectivity index (χ1) is 6.63. The van der Waals surface area contributed by atoms with Gasteiger partial charge in [0, 0.05) is 7.11 Å². The fourth-order valence-corrected chi connectivity index (χ4v) is 0.821. The lowest BCUT2D eigenvalue weighted by molar-refractivity contribution is -0.138. The molecule has 0 heterocycles. The van der Waals surface area contributed by atoms with Gasteiger partial charge in [0.2, 0.25) is 0 Å². The highest BCUT2D eigenvalue weighted by Gasteiger charge is 2.21. The minimum Gasteiger partial charge on any atom is -0.382 e. The van der Waals surface area contributed by atoms with E-state index in [4.69, 9.17) is 14.8 Å². The quantitative estimate of drug-likeness (QED) is 0.500. The van der Waals surface area contributed by atoms with Crippen molar-refractivity contribution in [2.45, 2.75) is 13.8 Å². The lowest BCUT2D eigenvalue weighted by atomic mass is 9.97. The highest BCUT2D eigenvalue weighted by molar-refractivity contribution is 5.80. The maximum Gasteiger partial charge on any atom is 0.261 e. The van der Waals surface area contributed by atoms with Gasteiger partial charge in [0.25, 0.3) is 5.91 Å². The molecule has 0 bridgehead atoms. The Hall–Kier alpha value is -1.12. The molecule has 80 valence electrons. The molecule has 0 saturated carbocycles. The Morgan fingerprint density at radius 2 is 2.14 bits per heavy atom. The van der Waals surface area contributed by atoms with Crippen LogP contribution < -0.4 is 5.48 Å². The first kappa shape index (κ1) is 12.9. The van der Waals surface area contributed by atoms with E-state index in [1.807, 2.05) is 19.9 Å². The van der Waals surface area contributed by atoms with Gasteiger partial charge in [0.1, 0.15) is 5.92 Å². The van der Waals surface area contributed by atoms with Gasteiger partial charge in [-0.3, -0.25) is 9.63 Å². The summed E-state index contributed by atoms with van der Waals surface area (Å²) >= 11 is 0. The van der Waals surface area contributed by atoms with E-state index in [9.17, 15) is 4.79 Å². The van der Waals surface area contributed by atoms with Crippen LogP contribution in [0.4, 0.5) is 0 Å². The summed E-state index contributed by atoms with van der Waals surface area (Å²) in [6.07, 6.45) is 0. The maximum atomic E-state index is 11.3. The van der Waals surface area contributed by atoms with Crippen LogP contribution >= 0.6 is 0 Å². The molecule has 0 aromatic heterocycles. The molecule has 0 aliphatic rings. The summed E-state index contributed by atoms with van der Waals surface area (Å²) in [5, 5.41) is 8.68. The Labute approximate surface area is 83.9 Å². The van der Waals surface area contributed by atoms with E-state index in [0.29, 0.717) is 6.61 Å². The number of nitrogens with zero attached hydrogens (tertiary/aromatic N) is 1. The Morgan fingerprint density at radius 1 is 1.50 bits per heavy atom. The summed E-state index contributed by atoms with van der Waals surface area (Å²) in [7, 11) is 1.54. The molecule has 0 rings (SSSR count). The van der Waals surface area contributed by atoms with Crippen LogP contribution in [-0.4, -0.2) is 26.2 Å². The minimum absolute atomic E-state index is 0.0222. The number of methoxy groups -OCH3 is 1. The zero-order valence-electron chi connectivity index (χ0n) is 8.74. The summed E-state index contributed by atoms with van der Waals surface area (Å²) in [5.74, 6) is -1.10. The van der Waals surface area contributed by atoms with Gasteiger partial charge in [-0.1, -0.05) is 13.8 Å². The molecule has 0 aromatic rings. The van der Waals surface area contributed by atoms with Crippen LogP contribution in [0.15, 0.2) is 0 Å². The van der Waals surface area contributed by atoms with E-state index in [1.54, 1.807) is 0 Å². The Kier molecular flexibility index (Phi) is 6.72. The van der Waals surface area contributed by atoms with Crippen molar-refractivity contribution in [3.63, 3.8) is 0 Å². The lowest BCUT2D eigenvalue weighted by Crippen LogP contribution is -2.33. The Balaban J connectivity index is 3.78. The first-order valence-corrected chi connectivity index (χ1v) is 4.43. The molecular formula is C9H16N2O3. The molecule has 1 atom stereocenters. The second-order valence-electron chi connectivity index (χ2n) is 3.16. The zero-order valence-corrected chi connectivity index (χ0v) is 8.74. The van der Waals surface area contributed by atoms with Crippen LogP contribution in [0.3, 0.4) is 0 Å². The molecule has 5 heteroatoms. The lowest BCUT2D eigenvalue weighted by Gasteiger charge is -2.12. The first-order valence-electron chi connectivity index (χ1n) is 4.43. The van der Waals surface area contributed by atoms with E-state index in [2.05, 4.69) is 5.48 Å². The highest BCUT2D eigenvalue weighted by atomic mass is 16.7.